The molecule has 71 valence electrons. The first-order chi connectivity index (χ1) is 5.76. The van der Waals surface area contributed by atoms with Crippen molar-refractivity contribution in [3.05, 3.63) is 0 Å². The second-order valence-electron chi connectivity index (χ2n) is 3.27. The summed E-state index contributed by atoms with van der Waals surface area (Å²) < 4.78 is 4.54. The van der Waals surface area contributed by atoms with Gasteiger partial charge in [-0.3, -0.25) is 0 Å². The van der Waals surface area contributed by atoms with Gasteiger partial charge in [0.2, 0.25) is 0 Å². The summed E-state index contributed by atoms with van der Waals surface area (Å²) in [5, 5.41) is 0. The smallest absolute Gasteiger partial charge is 0.417 e. The van der Waals surface area contributed by atoms with Crippen LogP contribution in [-0.4, -0.2) is 13.1 Å². The number of carbonyl (C=O) groups excluding carboxylic acids is 1. The van der Waals surface area contributed by atoms with E-state index < -0.39 is 0 Å². The molecule has 0 aromatic carbocycles. The Balaban J connectivity index is 3.53. The van der Waals surface area contributed by atoms with Gasteiger partial charge >= 0.3 is 6.47 Å². The third-order valence-electron chi connectivity index (χ3n) is 2.59. The maximum Gasteiger partial charge on any atom is 0.417 e. The molecule has 0 amide bonds. The van der Waals surface area contributed by atoms with Crippen LogP contribution in [0.4, 0.5) is 0 Å². The highest BCUT2D eigenvalue weighted by molar-refractivity contribution is 5.37. The van der Waals surface area contributed by atoms with Gasteiger partial charge in [-0.15, -0.1) is 0 Å². The normalized spacial score (nSPS) is 13.0. The fourth-order valence-electron chi connectivity index (χ4n) is 1.62. The van der Waals surface area contributed by atoms with E-state index in [2.05, 4.69) is 25.5 Å². The van der Waals surface area contributed by atoms with Gasteiger partial charge in [0.25, 0.3) is 0 Å². The SMILES string of the molecule is CCC(CC)C(C)CCO[C]=O. The van der Waals surface area contributed by atoms with Crippen molar-refractivity contribution in [2.45, 2.75) is 40.0 Å². The van der Waals surface area contributed by atoms with E-state index in [9.17, 15) is 4.79 Å². The Morgan fingerprint density at radius 2 is 1.92 bits per heavy atom. The summed E-state index contributed by atoms with van der Waals surface area (Å²) in [5.41, 5.74) is 0. The fourth-order valence-corrected chi connectivity index (χ4v) is 1.62. The topological polar surface area (TPSA) is 26.3 Å². The second kappa shape index (κ2) is 7.14. The molecule has 0 aliphatic rings. The molecule has 0 heterocycles. The Hall–Kier alpha value is -0.530. The van der Waals surface area contributed by atoms with E-state index in [1.807, 2.05) is 0 Å². The number of ether oxygens (including phenoxy) is 1. The summed E-state index contributed by atoms with van der Waals surface area (Å²) in [6.07, 6.45) is 3.38. The lowest BCUT2D eigenvalue weighted by Gasteiger charge is -2.20. The molecule has 0 aliphatic heterocycles. The van der Waals surface area contributed by atoms with Crippen LogP contribution < -0.4 is 0 Å². The molecule has 1 unspecified atom stereocenters. The molecular formula is C10H19O2. The van der Waals surface area contributed by atoms with E-state index in [1.165, 1.54) is 19.3 Å². The van der Waals surface area contributed by atoms with Crippen LogP contribution in [0.5, 0.6) is 0 Å². The van der Waals surface area contributed by atoms with Crippen LogP contribution in [0.25, 0.3) is 0 Å². The minimum atomic E-state index is 0.515. The van der Waals surface area contributed by atoms with Crippen LogP contribution in [0, 0.1) is 11.8 Å². The Labute approximate surface area is 75.3 Å². The van der Waals surface area contributed by atoms with Gasteiger partial charge in [0.05, 0.1) is 6.61 Å². The summed E-state index contributed by atoms with van der Waals surface area (Å²) in [6, 6.07) is 0. The summed E-state index contributed by atoms with van der Waals surface area (Å²) in [4.78, 5) is 9.75. The van der Waals surface area contributed by atoms with Crippen molar-refractivity contribution in [3.8, 4) is 0 Å². The zero-order valence-corrected chi connectivity index (χ0v) is 8.30. The Morgan fingerprint density at radius 3 is 2.33 bits per heavy atom. The molecule has 0 N–H and O–H groups in total. The number of hydrogen-bond acceptors (Lipinski definition) is 2. The van der Waals surface area contributed by atoms with Crippen molar-refractivity contribution in [2.24, 2.45) is 11.8 Å². The van der Waals surface area contributed by atoms with Crippen molar-refractivity contribution in [1.29, 1.82) is 0 Å². The predicted octanol–water partition coefficient (Wildman–Crippen LogP) is 2.53. The molecule has 0 fully saturated rings. The first-order valence-electron chi connectivity index (χ1n) is 4.75. The summed E-state index contributed by atoms with van der Waals surface area (Å²) >= 11 is 0. The number of hydrogen-bond donors (Lipinski definition) is 0. The van der Waals surface area contributed by atoms with E-state index in [4.69, 9.17) is 0 Å². The zero-order chi connectivity index (χ0) is 9.40. The highest BCUT2D eigenvalue weighted by Gasteiger charge is 2.12. The van der Waals surface area contributed by atoms with Gasteiger partial charge in [-0.25, -0.2) is 4.79 Å². The van der Waals surface area contributed by atoms with Crippen LogP contribution >= 0.6 is 0 Å². The maximum atomic E-state index is 9.75. The molecule has 1 radical (unpaired) electrons. The molecule has 0 bridgehead atoms. The van der Waals surface area contributed by atoms with Gasteiger partial charge in [0.15, 0.2) is 0 Å². The minimum Gasteiger partial charge on any atom is -0.457 e. The monoisotopic (exact) mass is 171 g/mol. The van der Waals surface area contributed by atoms with E-state index in [0.29, 0.717) is 12.5 Å². The van der Waals surface area contributed by atoms with Crippen LogP contribution in [0.2, 0.25) is 0 Å². The van der Waals surface area contributed by atoms with Crippen LogP contribution in [-0.2, 0) is 9.53 Å². The average molecular weight is 171 g/mol. The maximum absolute atomic E-state index is 9.75. The largest absolute Gasteiger partial charge is 0.457 e. The van der Waals surface area contributed by atoms with Crippen LogP contribution in [0.3, 0.4) is 0 Å². The molecule has 0 spiro atoms. The van der Waals surface area contributed by atoms with E-state index in [1.54, 1.807) is 0 Å². The summed E-state index contributed by atoms with van der Waals surface area (Å²) in [7, 11) is 0. The summed E-state index contributed by atoms with van der Waals surface area (Å²) in [5.74, 6) is 1.41. The highest BCUT2D eigenvalue weighted by Crippen LogP contribution is 2.21. The molecule has 0 aromatic rings. The van der Waals surface area contributed by atoms with Crippen molar-refractivity contribution in [2.75, 3.05) is 6.61 Å². The third kappa shape index (κ3) is 4.37. The third-order valence-corrected chi connectivity index (χ3v) is 2.59. The predicted molar refractivity (Wildman–Crippen MR) is 49.5 cm³/mol. The van der Waals surface area contributed by atoms with Gasteiger partial charge < -0.3 is 4.74 Å². The molecule has 2 heteroatoms. The lowest BCUT2D eigenvalue weighted by Crippen LogP contribution is -2.12. The molecule has 0 saturated carbocycles. The molecule has 0 aliphatic carbocycles. The van der Waals surface area contributed by atoms with Crippen LogP contribution in [0.1, 0.15) is 40.0 Å². The van der Waals surface area contributed by atoms with Gasteiger partial charge in [-0.2, -0.15) is 0 Å². The van der Waals surface area contributed by atoms with Crippen molar-refractivity contribution < 1.29 is 9.53 Å². The number of rotatable bonds is 7. The first kappa shape index (κ1) is 11.5. The average Bonchev–Trinajstić information content (AvgIpc) is 2.07. The Morgan fingerprint density at radius 1 is 1.33 bits per heavy atom. The molecule has 0 rings (SSSR count). The lowest BCUT2D eigenvalue weighted by atomic mass is 9.87. The molecule has 0 aromatic heterocycles. The van der Waals surface area contributed by atoms with Crippen LogP contribution in [0.15, 0.2) is 0 Å². The second-order valence-corrected chi connectivity index (χ2v) is 3.27. The van der Waals surface area contributed by atoms with E-state index in [-0.39, 0.29) is 0 Å². The van der Waals surface area contributed by atoms with Crippen molar-refractivity contribution in [1.82, 2.24) is 0 Å². The van der Waals surface area contributed by atoms with E-state index in [0.717, 1.165) is 12.3 Å². The quantitative estimate of drug-likeness (QED) is 0.550. The standard InChI is InChI=1S/C10H19O2/c1-4-10(5-2)9(3)6-7-12-8-11/h9-10H,4-7H2,1-3H3. The molecule has 12 heavy (non-hydrogen) atoms. The van der Waals surface area contributed by atoms with Gasteiger partial charge in [-0.1, -0.05) is 33.6 Å². The highest BCUT2D eigenvalue weighted by atomic mass is 16.5. The molecule has 1 atom stereocenters. The van der Waals surface area contributed by atoms with Crippen molar-refractivity contribution in [3.63, 3.8) is 0 Å². The Bertz CT molecular complexity index is 108. The summed E-state index contributed by atoms with van der Waals surface area (Å²) in [6.45, 7) is 8.59. The van der Waals surface area contributed by atoms with Gasteiger partial charge in [0.1, 0.15) is 0 Å². The molecular weight excluding hydrogens is 152 g/mol. The minimum absolute atomic E-state index is 0.515. The van der Waals surface area contributed by atoms with Gasteiger partial charge in [0, 0.05) is 0 Å². The Kier molecular flexibility index (Phi) is 6.82. The first-order valence-corrected chi connectivity index (χ1v) is 4.75. The molecule has 2 nitrogen and oxygen atoms in total. The van der Waals surface area contributed by atoms with E-state index >= 15 is 0 Å². The van der Waals surface area contributed by atoms with Gasteiger partial charge in [-0.05, 0) is 18.3 Å². The zero-order valence-electron chi connectivity index (χ0n) is 8.30. The molecule has 0 saturated heterocycles. The fraction of sp³-hybridized carbons (Fsp3) is 0.900. The lowest BCUT2D eigenvalue weighted by molar-refractivity contribution is 0.220. The van der Waals surface area contributed by atoms with Crippen molar-refractivity contribution >= 4 is 6.47 Å².